The zero-order valence-electron chi connectivity index (χ0n) is 14.4. The Kier molecular flexibility index (Phi) is 4.19. The van der Waals surface area contributed by atoms with Crippen LogP contribution in [0.25, 0.3) is 0 Å². The van der Waals surface area contributed by atoms with Crippen molar-refractivity contribution in [2.24, 2.45) is 5.41 Å². The number of alkyl halides is 1. The van der Waals surface area contributed by atoms with Gasteiger partial charge in [0.15, 0.2) is 5.41 Å². The molecule has 0 bridgehead atoms. The summed E-state index contributed by atoms with van der Waals surface area (Å²) in [6.07, 6.45) is -0.0608. The Morgan fingerprint density at radius 2 is 1.91 bits per heavy atom. The van der Waals surface area contributed by atoms with Crippen molar-refractivity contribution < 1.29 is 13.9 Å². The molecule has 0 heterocycles. The van der Waals surface area contributed by atoms with Crippen LogP contribution in [-0.2, 0) is 9.53 Å². The molecule has 1 aromatic carbocycles. The van der Waals surface area contributed by atoms with E-state index in [-0.39, 0.29) is 12.5 Å². The van der Waals surface area contributed by atoms with E-state index >= 15 is 4.39 Å². The second-order valence-corrected chi connectivity index (χ2v) is 12.8. The fourth-order valence-electron chi connectivity index (χ4n) is 3.09. The number of hydrogen-bond donors (Lipinski definition) is 0. The summed E-state index contributed by atoms with van der Waals surface area (Å²) in [6.45, 7) is 9.31. The van der Waals surface area contributed by atoms with Gasteiger partial charge in [0.05, 0.1) is 14.1 Å². The molecule has 0 spiro atoms. The van der Waals surface area contributed by atoms with Crippen molar-refractivity contribution in [3.63, 3.8) is 0 Å². The Morgan fingerprint density at radius 3 is 2.39 bits per heavy atom. The summed E-state index contributed by atoms with van der Waals surface area (Å²) in [5.41, 5.74) is -4.15. The fraction of sp³-hybridized carbons (Fsp3) is 0.556. The second-order valence-electron chi connectivity index (χ2n) is 8.09. The molecular weight excluding hydrogens is 309 g/mol. The maximum Gasteiger partial charge on any atom is 0.330 e. The van der Waals surface area contributed by atoms with Gasteiger partial charge in [0.2, 0.25) is 0 Å². The normalized spacial score (nSPS) is 27.2. The Balaban J connectivity index is 2.21. The third-order valence-electron chi connectivity index (χ3n) is 4.40. The van der Waals surface area contributed by atoms with Gasteiger partial charge in [-0.25, -0.2) is 4.39 Å². The van der Waals surface area contributed by atoms with Crippen LogP contribution in [0.4, 0.5) is 4.39 Å². The van der Waals surface area contributed by atoms with Crippen molar-refractivity contribution in [1.82, 2.24) is 0 Å². The van der Waals surface area contributed by atoms with Crippen molar-refractivity contribution in [1.29, 1.82) is 5.26 Å². The summed E-state index contributed by atoms with van der Waals surface area (Å²) in [4.78, 5) is 12.3. The number of rotatable bonds is 4. The number of benzene rings is 1. The summed E-state index contributed by atoms with van der Waals surface area (Å²) in [7, 11) is -2.10. The Hall–Kier alpha value is -1.67. The van der Waals surface area contributed by atoms with Gasteiger partial charge in [0.1, 0.15) is 11.3 Å². The second kappa shape index (κ2) is 5.45. The highest BCUT2D eigenvalue weighted by atomic mass is 28.3. The first kappa shape index (κ1) is 17.7. The van der Waals surface area contributed by atoms with Crippen LogP contribution in [0, 0.1) is 16.7 Å². The van der Waals surface area contributed by atoms with Gasteiger partial charge in [0.25, 0.3) is 0 Å². The minimum Gasteiger partial charge on any atom is -0.459 e. The monoisotopic (exact) mass is 333 g/mol. The molecule has 0 aromatic heterocycles. The van der Waals surface area contributed by atoms with E-state index in [1.54, 1.807) is 20.8 Å². The molecule has 0 saturated heterocycles. The number of nitriles is 1. The summed E-state index contributed by atoms with van der Waals surface area (Å²) in [5, 5.41) is 10.6. The Morgan fingerprint density at radius 1 is 1.35 bits per heavy atom. The summed E-state index contributed by atoms with van der Waals surface area (Å²) >= 11 is 0. The number of hydrogen-bond acceptors (Lipinski definition) is 3. The van der Waals surface area contributed by atoms with Crippen LogP contribution in [0.1, 0.15) is 27.2 Å². The van der Waals surface area contributed by atoms with E-state index < -0.39 is 30.7 Å². The topological polar surface area (TPSA) is 50.1 Å². The minimum absolute atomic E-state index is 0.0608. The molecule has 1 aliphatic carbocycles. The molecule has 1 saturated carbocycles. The maximum atomic E-state index is 15.3. The number of ether oxygens (including phenoxy) is 1. The summed E-state index contributed by atoms with van der Waals surface area (Å²) in [6, 6.07) is 12.0. The third-order valence-corrected chi connectivity index (χ3v) is 7.74. The lowest BCUT2D eigenvalue weighted by Crippen LogP contribution is -2.45. The molecule has 23 heavy (non-hydrogen) atoms. The van der Waals surface area contributed by atoms with Crippen LogP contribution in [0.5, 0.6) is 0 Å². The highest BCUT2D eigenvalue weighted by Gasteiger charge is 2.77. The summed E-state index contributed by atoms with van der Waals surface area (Å²) < 4.78 is 20.6. The van der Waals surface area contributed by atoms with Gasteiger partial charge in [0, 0.05) is 6.42 Å². The highest BCUT2D eigenvalue weighted by Crippen LogP contribution is 2.63. The predicted octanol–water partition coefficient (Wildman–Crippen LogP) is 3.57. The molecule has 2 atom stereocenters. The van der Waals surface area contributed by atoms with E-state index in [2.05, 4.69) is 13.1 Å². The van der Waals surface area contributed by atoms with Gasteiger partial charge in [-0.05, 0) is 26.8 Å². The average Bonchev–Trinajstić information content (AvgIpc) is 3.03. The molecule has 0 radical (unpaired) electrons. The number of esters is 1. The first-order valence-corrected chi connectivity index (χ1v) is 11.1. The van der Waals surface area contributed by atoms with Crippen LogP contribution < -0.4 is 5.19 Å². The molecule has 0 amide bonds. The molecule has 2 rings (SSSR count). The van der Waals surface area contributed by atoms with Crippen LogP contribution in [0.15, 0.2) is 30.3 Å². The first-order valence-electron chi connectivity index (χ1n) is 7.85. The van der Waals surface area contributed by atoms with Crippen molar-refractivity contribution in [2.75, 3.05) is 0 Å². The van der Waals surface area contributed by atoms with Gasteiger partial charge < -0.3 is 4.74 Å². The predicted molar refractivity (Wildman–Crippen MR) is 90.7 cm³/mol. The van der Waals surface area contributed by atoms with E-state index in [0.717, 1.165) is 5.19 Å². The van der Waals surface area contributed by atoms with Crippen LogP contribution in [0.2, 0.25) is 19.1 Å². The van der Waals surface area contributed by atoms with Gasteiger partial charge in [-0.15, -0.1) is 0 Å². The zero-order valence-corrected chi connectivity index (χ0v) is 15.4. The highest BCUT2D eigenvalue weighted by molar-refractivity contribution is 6.90. The van der Waals surface area contributed by atoms with E-state index in [1.807, 2.05) is 36.4 Å². The molecule has 124 valence electrons. The fourth-order valence-corrected chi connectivity index (χ4v) is 6.21. The van der Waals surface area contributed by atoms with Gasteiger partial charge in [-0.1, -0.05) is 48.6 Å². The first-order chi connectivity index (χ1) is 10.5. The van der Waals surface area contributed by atoms with Gasteiger partial charge in [-0.3, -0.25) is 4.79 Å². The average molecular weight is 333 g/mol. The molecule has 0 unspecified atom stereocenters. The standard InChI is InChI=1S/C18H24FNO2Si/c1-16(2,3)22-15(21)17(12-20)11-18(17,19)13-23(4,5)14-9-7-6-8-10-14/h6-10H,11,13H2,1-5H3/t17-,18+/m0/s1. The largest absolute Gasteiger partial charge is 0.459 e. The molecule has 3 nitrogen and oxygen atoms in total. The SMILES string of the molecule is CC(C)(C)OC(=O)[C@@]1(C#N)C[C@@]1(F)C[Si](C)(C)c1ccccc1. The van der Waals surface area contributed by atoms with Crippen molar-refractivity contribution in [2.45, 2.75) is 57.6 Å². The minimum atomic E-state index is -2.10. The number of halogens is 1. The molecule has 5 heteroatoms. The lowest BCUT2D eigenvalue weighted by atomic mass is 10.1. The smallest absolute Gasteiger partial charge is 0.330 e. The van der Waals surface area contributed by atoms with E-state index in [9.17, 15) is 10.1 Å². The van der Waals surface area contributed by atoms with Crippen molar-refractivity contribution in [3.05, 3.63) is 30.3 Å². The van der Waals surface area contributed by atoms with Crippen LogP contribution in [0.3, 0.4) is 0 Å². The lowest BCUT2D eigenvalue weighted by molar-refractivity contribution is -0.160. The van der Waals surface area contributed by atoms with Crippen LogP contribution in [-0.4, -0.2) is 25.3 Å². The number of nitrogens with zero attached hydrogens (tertiary/aromatic N) is 1. The van der Waals surface area contributed by atoms with Crippen molar-refractivity contribution in [3.8, 4) is 6.07 Å². The maximum absolute atomic E-state index is 15.3. The lowest BCUT2D eigenvalue weighted by Gasteiger charge is -2.27. The van der Waals surface area contributed by atoms with Gasteiger partial charge in [-0.2, -0.15) is 5.26 Å². The van der Waals surface area contributed by atoms with Crippen LogP contribution >= 0.6 is 0 Å². The van der Waals surface area contributed by atoms with Gasteiger partial charge >= 0.3 is 5.97 Å². The Bertz CT molecular complexity index is 647. The molecule has 1 aliphatic rings. The molecule has 0 aliphatic heterocycles. The van der Waals surface area contributed by atoms with E-state index in [1.165, 1.54) is 0 Å². The molecule has 1 aromatic rings. The molecule has 0 N–H and O–H groups in total. The Labute approximate surface area is 138 Å². The van der Waals surface area contributed by atoms with Crippen molar-refractivity contribution >= 4 is 19.2 Å². The number of carbonyl (C=O) groups is 1. The summed E-state index contributed by atoms with van der Waals surface area (Å²) in [5.74, 6) is -0.729. The molecular formula is C18H24FNO2Si. The third kappa shape index (κ3) is 3.32. The molecule has 1 fully saturated rings. The number of carbonyl (C=O) groups excluding carboxylic acids is 1. The quantitative estimate of drug-likeness (QED) is 0.625. The van der Waals surface area contributed by atoms with E-state index in [4.69, 9.17) is 4.74 Å². The zero-order chi connectivity index (χ0) is 17.5. The van der Waals surface area contributed by atoms with E-state index in [0.29, 0.717) is 0 Å².